The summed E-state index contributed by atoms with van der Waals surface area (Å²) >= 11 is 8.80. The van der Waals surface area contributed by atoms with Crippen molar-refractivity contribution in [3.05, 3.63) is 28.2 Å². The highest BCUT2D eigenvalue weighted by atomic mass is 79.9. The minimum atomic E-state index is -0.575. The molecule has 1 N–H and O–H groups in total. The van der Waals surface area contributed by atoms with Crippen LogP contribution in [0.5, 0.6) is 5.75 Å². The van der Waals surface area contributed by atoms with Crippen LogP contribution in [0.4, 0.5) is 0 Å². The Balaban J connectivity index is 3.08. The molecule has 0 saturated heterocycles. The first-order valence-corrected chi connectivity index (χ1v) is 4.91. The molecule has 0 fully saturated rings. The van der Waals surface area contributed by atoms with Gasteiger partial charge in [0.25, 0.3) is 0 Å². The van der Waals surface area contributed by atoms with Crippen molar-refractivity contribution in [2.75, 3.05) is 0 Å². The smallest absolute Gasteiger partial charge is 0.180 e. The van der Waals surface area contributed by atoms with E-state index in [1.54, 1.807) is 13.0 Å². The molecule has 4 heteroatoms. The molecule has 1 aromatic rings. The number of alkyl halides is 1. The van der Waals surface area contributed by atoms with Gasteiger partial charge in [0.2, 0.25) is 0 Å². The lowest BCUT2D eigenvalue weighted by Gasteiger charge is -2.03. The summed E-state index contributed by atoms with van der Waals surface area (Å²) in [6.07, 6.45) is 0. The molecule has 0 saturated carbocycles. The normalized spacial score (nSPS) is 12.5. The SMILES string of the molecule is CC(Cl)C(=O)c1cc(O)cc(Br)c1. The van der Waals surface area contributed by atoms with Crippen molar-refractivity contribution in [3.8, 4) is 5.75 Å². The Morgan fingerprint density at radius 1 is 1.54 bits per heavy atom. The highest BCUT2D eigenvalue weighted by Crippen LogP contribution is 2.21. The maximum atomic E-state index is 11.4. The fourth-order valence-electron chi connectivity index (χ4n) is 0.946. The van der Waals surface area contributed by atoms with E-state index in [4.69, 9.17) is 11.6 Å². The van der Waals surface area contributed by atoms with Crippen molar-refractivity contribution in [2.24, 2.45) is 0 Å². The zero-order valence-electron chi connectivity index (χ0n) is 6.92. The molecule has 70 valence electrons. The third-order valence-corrected chi connectivity index (χ3v) is 2.18. The van der Waals surface area contributed by atoms with Gasteiger partial charge >= 0.3 is 0 Å². The van der Waals surface area contributed by atoms with Crippen LogP contribution in [0.25, 0.3) is 0 Å². The van der Waals surface area contributed by atoms with Crippen molar-refractivity contribution >= 4 is 33.3 Å². The summed E-state index contributed by atoms with van der Waals surface area (Å²) in [7, 11) is 0. The average molecular weight is 264 g/mol. The molecule has 1 aromatic carbocycles. The van der Waals surface area contributed by atoms with Gasteiger partial charge in [0.1, 0.15) is 5.75 Å². The summed E-state index contributed by atoms with van der Waals surface area (Å²) in [5.41, 5.74) is 0.411. The molecule has 1 unspecified atom stereocenters. The molecule has 0 bridgehead atoms. The number of Topliss-reactive ketones (excluding diaryl/α,β-unsaturated/α-hetero) is 1. The van der Waals surface area contributed by atoms with Gasteiger partial charge in [0, 0.05) is 10.0 Å². The molecule has 1 rings (SSSR count). The van der Waals surface area contributed by atoms with Crippen LogP contribution in [0.2, 0.25) is 0 Å². The van der Waals surface area contributed by atoms with Crippen molar-refractivity contribution in [2.45, 2.75) is 12.3 Å². The average Bonchev–Trinajstić information content (AvgIpc) is 2.01. The zero-order valence-corrected chi connectivity index (χ0v) is 9.26. The first-order valence-electron chi connectivity index (χ1n) is 3.68. The summed E-state index contributed by atoms with van der Waals surface area (Å²) in [5.74, 6) is -0.145. The largest absolute Gasteiger partial charge is 0.508 e. The van der Waals surface area contributed by atoms with Gasteiger partial charge in [-0.25, -0.2) is 0 Å². The van der Waals surface area contributed by atoms with Crippen LogP contribution in [0.1, 0.15) is 17.3 Å². The second-order valence-corrected chi connectivity index (χ2v) is 4.25. The lowest BCUT2D eigenvalue weighted by Crippen LogP contribution is -2.10. The van der Waals surface area contributed by atoms with Crippen molar-refractivity contribution in [3.63, 3.8) is 0 Å². The Hall–Kier alpha value is -0.540. The molecule has 0 spiro atoms. The third-order valence-electron chi connectivity index (χ3n) is 1.53. The van der Waals surface area contributed by atoms with Gasteiger partial charge in [0.15, 0.2) is 5.78 Å². The van der Waals surface area contributed by atoms with Crippen LogP contribution in [0.15, 0.2) is 22.7 Å². The molecule has 0 aromatic heterocycles. The second kappa shape index (κ2) is 4.11. The minimum absolute atomic E-state index is 0.0510. The van der Waals surface area contributed by atoms with Gasteiger partial charge in [-0.15, -0.1) is 11.6 Å². The number of phenolic OH excluding ortho intramolecular Hbond substituents is 1. The highest BCUT2D eigenvalue weighted by molar-refractivity contribution is 9.10. The Morgan fingerprint density at radius 3 is 2.62 bits per heavy atom. The van der Waals surface area contributed by atoms with E-state index in [-0.39, 0.29) is 11.5 Å². The molecule has 13 heavy (non-hydrogen) atoms. The molecule has 0 aliphatic carbocycles. The summed E-state index contributed by atoms with van der Waals surface area (Å²) in [5, 5.41) is 8.62. The first-order chi connectivity index (χ1) is 6.00. The predicted octanol–water partition coefficient (Wildman–Crippen LogP) is 2.96. The van der Waals surface area contributed by atoms with Crippen molar-refractivity contribution in [1.29, 1.82) is 0 Å². The van der Waals surface area contributed by atoms with Gasteiger partial charge in [0.05, 0.1) is 5.38 Å². The lowest BCUT2D eigenvalue weighted by molar-refractivity contribution is 0.0991. The topological polar surface area (TPSA) is 37.3 Å². The molecule has 0 aliphatic rings. The van der Waals surface area contributed by atoms with E-state index < -0.39 is 5.38 Å². The quantitative estimate of drug-likeness (QED) is 0.658. The number of benzene rings is 1. The Morgan fingerprint density at radius 2 is 2.15 bits per heavy atom. The number of carbonyl (C=O) groups excluding carboxylic acids is 1. The number of carbonyl (C=O) groups is 1. The number of rotatable bonds is 2. The minimum Gasteiger partial charge on any atom is -0.508 e. The monoisotopic (exact) mass is 262 g/mol. The first kappa shape index (κ1) is 10.5. The van der Waals surface area contributed by atoms with Crippen LogP contribution >= 0.6 is 27.5 Å². The molecule has 1 atom stereocenters. The van der Waals surface area contributed by atoms with Crippen LogP contribution in [0.3, 0.4) is 0 Å². The van der Waals surface area contributed by atoms with E-state index in [1.165, 1.54) is 12.1 Å². The fourth-order valence-corrected chi connectivity index (χ4v) is 1.55. The molecule has 0 radical (unpaired) electrons. The van der Waals surface area contributed by atoms with Gasteiger partial charge in [-0.05, 0) is 25.1 Å². The summed E-state index contributed by atoms with van der Waals surface area (Å²) in [6.45, 7) is 1.60. The zero-order chi connectivity index (χ0) is 10.0. The van der Waals surface area contributed by atoms with Gasteiger partial charge in [-0.1, -0.05) is 15.9 Å². The Kier molecular flexibility index (Phi) is 3.33. The summed E-state index contributed by atoms with van der Waals surface area (Å²) in [6, 6.07) is 4.53. The van der Waals surface area contributed by atoms with E-state index in [1.807, 2.05) is 0 Å². The number of hydrogen-bond acceptors (Lipinski definition) is 2. The maximum absolute atomic E-state index is 11.4. The van der Waals surface area contributed by atoms with Crippen LogP contribution in [-0.2, 0) is 0 Å². The summed E-state index contributed by atoms with van der Waals surface area (Å²) in [4.78, 5) is 11.4. The third kappa shape index (κ3) is 2.71. The van der Waals surface area contributed by atoms with Crippen molar-refractivity contribution < 1.29 is 9.90 Å². The number of phenols is 1. The van der Waals surface area contributed by atoms with Gasteiger partial charge < -0.3 is 5.11 Å². The van der Waals surface area contributed by atoms with E-state index in [2.05, 4.69) is 15.9 Å². The molecular weight excluding hydrogens is 255 g/mol. The molecular formula is C9H8BrClO2. The Bertz CT molecular complexity index is 316. The van der Waals surface area contributed by atoms with E-state index >= 15 is 0 Å². The second-order valence-electron chi connectivity index (χ2n) is 2.68. The Labute approximate surface area is 89.7 Å². The van der Waals surface area contributed by atoms with E-state index in [0.29, 0.717) is 10.0 Å². The number of ketones is 1. The molecule has 0 heterocycles. The highest BCUT2D eigenvalue weighted by Gasteiger charge is 2.13. The molecule has 0 aliphatic heterocycles. The number of hydrogen-bond donors (Lipinski definition) is 1. The molecule has 2 nitrogen and oxygen atoms in total. The van der Waals surface area contributed by atoms with E-state index in [0.717, 1.165) is 0 Å². The van der Waals surface area contributed by atoms with Crippen LogP contribution in [-0.4, -0.2) is 16.3 Å². The van der Waals surface area contributed by atoms with Gasteiger partial charge in [-0.2, -0.15) is 0 Å². The fraction of sp³-hybridized carbons (Fsp3) is 0.222. The lowest BCUT2D eigenvalue weighted by atomic mass is 10.1. The standard InChI is InChI=1S/C9H8BrClO2/c1-5(11)9(13)6-2-7(10)4-8(12)3-6/h2-5,12H,1H3. The van der Waals surface area contributed by atoms with Gasteiger partial charge in [-0.3, -0.25) is 4.79 Å². The number of aromatic hydroxyl groups is 1. The molecule has 0 amide bonds. The van der Waals surface area contributed by atoms with Crippen molar-refractivity contribution in [1.82, 2.24) is 0 Å². The predicted molar refractivity (Wildman–Crippen MR) is 55.5 cm³/mol. The summed E-state index contributed by atoms with van der Waals surface area (Å²) < 4.78 is 0.660. The van der Waals surface area contributed by atoms with Crippen LogP contribution in [0, 0.1) is 0 Å². The maximum Gasteiger partial charge on any atom is 0.180 e. The van der Waals surface area contributed by atoms with Crippen LogP contribution < -0.4 is 0 Å². The van der Waals surface area contributed by atoms with E-state index in [9.17, 15) is 9.90 Å². The number of halogens is 2.